The van der Waals surface area contributed by atoms with Gasteiger partial charge in [-0.15, -0.1) is 0 Å². The number of fused-ring (bicyclic) bond motifs is 1. The number of hydrogen-bond donors (Lipinski definition) is 1. The van der Waals surface area contributed by atoms with Crippen molar-refractivity contribution in [3.05, 3.63) is 63.7 Å². The van der Waals surface area contributed by atoms with Crippen LogP contribution in [0, 0.1) is 6.92 Å². The maximum atomic E-state index is 13.4. The third-order valence-electron chi connectivity index (χ3n) is 6.24. The quantitative estimate of drug-likeness (QED) is 0.559. The molecule has 0 aromatic heterocycles. The first-order valence-corrected chi connectivity index (χ1v) is 13.6. The van der Waals surface area contributed by atoms with Gasteiger partial charge in [-0.1, -0.05) is 49.7 Å². The molecule has 2 aromatic rings. The molecule has 0 spiro atoms. The van der Waals surface area contributed by atoms with Crippen molar-refractivity contribution in [2.45, 2.75) is 71.4 Å². The van der Waals surface area contributed by atoms with Crippen molar-refractivity contribution in [3.63, 3.8) is 0 Å². The van der Waals surface area contributed by atoms with Crippen LogP contribution >= 0.6 is 11.6 Å². The van der Waals surface area contributed by atoms with Crippen LogP contribution in [0.1, 0.15) is 67.8 Å². The third kappa shape index (κ3) is 5.46. The number of nitrogens with zero attached hydrogens (tertiary/aromatic N) is 1. The van der Waals surface area contributed by atoms with E-state index in [9.17, 15) is 13.2 Å². The zero-order valence-electron chi connectivity index (χ0n) is 19.3. The van der Waals surface area contributed by atoms with Gasteiger partial charge in [0.2, 0.25) is 15.9 Å². The Labute approximate surface area is 197 Å². The van der Waals surface area contributed by atoms with Crippen LogP contribution in [0.15, 0.2) is 36.4 Å². The molecule has 1 aliphatic rings. The number of anilines is 1. The summed E-state index contributed by atoms with van der Waals surface area (Å²) in [6, 6.07) is 10.5. The average molecular weight is 477 g/mol. The Bertz CT molecular complexity index is 1080. The van der Waals surface area contributed by atoms with Gasteiger partial charge >= 0.3 is 0 Å². The molecule has 32 heavy (non-hydrogen) atoms. The Morgan fingerprint density at radius 1 is 1.06 bits per heavy atom. The van der Waals surface area contributed by atoms with Crippen LogP contribution in [0.3, 0.4) is 0 Å². The standard InChI is InChI=1S/C25H33ClN2O3S/c1-5-22(20-13-12-18-9-7-8-10-19(18)15-20)27-25(29)23(6-2)28(32(4,30)31)24-16-21(26)14-11-17(24)3/h11-16,22-23H,5-10H2,1-4H3,(H,27,29)/t22-,23+/m0/s1. The van der Waals surface area contributed by atoms with Crippen molar-refractivity contribution in [1.29, 1.82) is 0 Å². The van der Waals surface area contributed by atoms with Gasteiger partial charge in [0.1, 0.15) is 6.04 Å². The second-order valence-corrected chi connectivity index (χ2v) is 10.9. The monoisotopic (exact) mass is 476 g/mol. The van der Waals surface area contributed by atoms with Gasteiger partial charge in [-0.25, -0.2) is 8.42 Å². The number of carbonyl (C=O) groups excluding carboxylic acids is 1. The van der Waals surface area contributed by atoms with Crippen LogP contribution < -0.4 is 9.62 Å². The summed E-state index contributed by atoms with van der Waals surface area (Å²) in [6.45, 7) is 5.67. The third-order valence-corrected chi connectivity index (χ3v) is 7.64. The zero-order valence-corrected chi connectivity index (χ0v) is 20.9. The molecule has 0 fully saturated rings. The van der Waals surface area contributed by atoms with E-state index in [1.807, 2.05) is 20.8 Å². The molecule has 0 unspecified atom stereocenters. The second-order valence-electron chi connectivity index (χ2n) is 8.62. The predicted octanol–water partition coefficient (Wildman–Crippen LogP) is 5.34. The van der Waals surface area contributed by atoms with Gasteiger partial charge in [-0.05, 0) is 79.8 Å². The van der Waals surface area contributed by atoms with E-state index >= 15 is 0 Å². The number of nitrogens with one attached hydrogen (secondary N) is 1. The van der Waals surface area contributed by atoms with Crippen molar-refractivity contribution in [2.75, 3.05) is 10.6 Å². The number of sulfonamides is 1. The van der Waals surface area contributed by atoms with Gasteiger partial charge in [0.25, 0.3) is 0 Å². The molecule has 3 rings (SSSR count). The van der Waals surface area contributed by atoms with E-state index in [4.69, 9.17) is 11.6 Å². The second kappa shape index (κ2) is 10.3. The Hall–Kier alpha value is -2.05. The minimum Gasteiger partial charge on any atom is -0.347 e. The van der Waals surface area contributed by atoms with E-state index in [-0.39, 0.29) is 11.9 Å². The average Bonchev–Trinajstić information content (AvgIpc) is 2.76. The van der Waals surface area contributed by atoms with Crippen LogP contribution in [-0.4, -0.2) is 26.6 Å². The summed E-state index contributed by atoms with van der Waals surface area (Å²) >= 11 is 6.16. The number of aryl methyl sites for hydroxylation is 3. The molecule has 0 saturated heterocycles. The van der Waals surface area contributed by atoms with Crippen molar-refractivity contribution < 1.29 is 13.2 Å². The highest BCUT2D eigenvalue weighted by molar-refractivity contribution is 7.92. The summed E-state index contributed by atoms with van der Waals surface area (Å²) in [4.78, 5) is 13.4. The van der Waals surface area contributed by atoms with E-state index < -0.39 is 16.1 Å². The molecule has 0 radical (unpaired) electrons. The van der Waals surface area contributed by atoms with E-state index in [1.54, 1.807) is 18.2 Å². The van der Waals surface area contributed by atoms with Crippen molar-refractivity contribution >= 4 is 33.2 Å². The summed E-state index contributed by atoms with van der Waals surface area (Å²) in [6.07, 6.45) is 6.79. The fraction of sp³-hybridized carbons (Fsp3) is 0.480. The minimum absolute atomic E-state index is 0.175. The molecule has 174 valence electrons. The Kier molecular flexibility index (Phi) is 7.88. The molecule has 1 N–H and O–H groups in total. The molecule has 0 saturated carbocycles. The van der Waals surface area contributed by atoms with E-state index in [1.165, 1.54) is 28.3 Å². The molecule has 0 aliphatic heterocycles. The summed E-state index contributed by atoms with van der Waals surface area (Å²) in [5.74, 6) is -0.304. The van der Waals surface area contributed by atoms with E-state index in [0.29, 0.717) is 17.1 Å². The first-order valence-electron chi connectivity index (χ1n) is 11.3. The fourth-order valence-electron chi connectivity index (χ4n) is 4.51. The van der Waals surface area contributed by atoms with Gasteiger partial charge in [0.15, 0.2) is 0 Å². The van der Waals surface area contributed by atoms with Gasteiger partial charge in [0.05, 0.1) is 18.0 Å². The van der Waals surface area contributed by atoms with E-state index in [0.717, 1.165) is 36.6 Å². The molecule has 7 heteroatoms. The Balaban J connectivity index is 1.91. The molecule has 2 aromatic carbocycles. The summed E-state index contributed by atoms with van der Waals surface area (Å²) in [7, 11) is -3.72. The molecule has 0 heterocycles. The summed E-state index contributed by atoms with van der Waals surface area (Å²) in [5.41, 5.74) is 5.01. The largest absolute Gasteiger partial charge is 0.347 e. The lowest BCUT2D eigenvalue weighted by Crippen LogP contribution is -2.50. The summed E-state index contributed by atoms with van der Waals surface area (Å²) < 4.78 is 26.8. The maximum absolute atomic E-state index is 13.4. The first kappa shape index (κ1) is 24.6. The van der Waals surface area contributed by atoms with Crippen LogP contribution in [0.25, 0.3) is 0 Å². The van der Waals surface area contributed by atoms with Crippen LogP contribution in [0.5, 0.6) is 0 Å². The van der Waals surface area contributed by atoms with Gasteiger partial charge in [-0.2, -0.15) is 0 Å². The molecular weight excluding hydrogens is 444 g/mol. The van der Waals surface area contributed by atoms with Gasteiger partial charge in [0, 0.05) is 5.02 Å². The molecule has 1 amide bonds. The number of carbonyl (C=O) groups is 1. The number of benzene rings is 2. The van der Waals surface area contributed by atoms with Crippen LogP contribution in [0.2, 0.25) is 5.02 Å². The highest BCUT2D eigenvalue weighted by Crippen LogP contribution is 2.30. The lowest BCUT2D eigenvalue weighted by molar-refractivity contribution is -0.123. The van der Waals surface area contributed by atoms with Crippen molar-refractivity contribution in [2.24, 2.45) is 0 Å². The highest BCUT2D eigenvalue weighted by atomic mass is 35.5. The maximum Gasteiger partial charge on any atom is 0.244 e. The molecule has 0 bridgehead atoms. The highest BCUT2D eigenvalue weighted by Gasteiger charge is 2.33. The summed E-state index contributed by atoms with van der Waals surface area (Å²) in [5, 5.41) is 3.55. The Morgan fingerprint density at radius 3 is 2.38 bits per heavy atom. The lowest BCUT2D eigenvalue weighted by Gasteiger charge is -2.32. The normalized spacial score (nSPS) is 15.5. The SMILES string of the molecule is CC[C@H](NC(=O)[C@@H](CC)N(c1cc(Cl)ccc1C)S(C)(=O)=O)c1ccc2c(c1)CCCC2. The lowest BCUT2D eigenvalue weighted by atomic mass is 9.88. The predicted molar refractivity (Wildman–Crippen MR) is 132 cm³/mol. The number of rotatable bonds is 8. The first-order chi connectivity index (χ1) is 15.2. The van der Waals surface area contributed by atoms with Crippen molar-refractivity contribution in [3.8, 4) is 0 Å². The number of hydrogen-bond acceptors (Lipinski definition) is 3. The molecule has 2 atom stereocenters. The smallest absolute Gasteiger partial charge is 0.244 e. The van der Waals surface area contributed by atoms with Gasteiger partial charge in [-0.3, -0.25) is 9.10 Å². The molecule has 1 aliphatic carbocycles. The number of amides is 1. The molecule has 5 nitrogen and oxygen atoms in total. The van der Waals surface area contributed by atoms with Gasteiger partial charge < -0.3 is 5.32 Å². The topological polar surface area (TPSA) is 66.5 Å². The molecular formula is C25H33ClN2O3S. The van der Waals surface area contributed by atoms with Crippen LogP contribution in [0.4, 0.5) is 5.69 Å². The zero-order chi connectivity index (χ0) is 23.5. The Morgan fingerprint density at radius 2 is 1.75 bits per heavy atom. The van der Waals surface area contributed by atoms with E-state index in [2.05, 4.69) is 23.5 Å². The van der Waals surface area contributed by atoms with Crippen molar-refractivity contribution in [1.82, 2.24) is 5.32 Å². The fourth-order valence-corrected chi connectivity index (χ4v) is 5.94. The minimum atomic E-state index is -3.72. The van der Waals surface area contributed by atoms with Crippen LogP contribution in [-0.2, 0) is 27.7 Å². The number of halogens is 1.